The van der Waals surface area contributed by atoms with Gasteiger partial charge in [0.2, 0.25) is 5.95 Å². The maximum Gasteiger partial charge on any atom is 0.261 e. The van der Waals surface area contributed by atoms with Crippen molar-refractivity contribution in [3.63, 3.8) is 0 Å². The highest BCUT2D eigenvalue weighted by Gasteiger charge is 2.20. The number of anilines is 3. The van der Waals surface area contributed by atoms with E-state index >= 15 is 0 Å². The first-order valence-corrected chi connectivity index (χ1v) is 12.5. The summed E-state index contributed by atoms with van der Waals surface area (Å²) in [5, 5.41) is 11.2. The molecule has 0 saturated carbocycles. The van der Waals surface area contributed by atoms with Gasteiger partial charge in [-0.05, 0) is 66.7 Å². The van der Waals surface area contributed by atoms with Crippen molar-refractivity contribution in [3.8, 4) is 22.5 Å². The van der Waals surface area contributed by atoms with Crippen molar-refractivity contribution in [1.82, 2.24) is 19.6 Å². The van der Waals surface area contributed by atoms with Gasteiger partial charge in [0, 0.05) is 34.4 Å². The molecule has 6 aromatic rings. The van der Waals surface area contributed by atoms with Gasteiger partial charge in [0.25, 0.3) is 5.91 Å². The van der Waals surface area contributed by atoms with Crippen molar-refractivity contribution in [2.24, 2.45) is 0 Å². The molecule has 7 nitrogen and oxygen atoms in total. The van der Waals surface area contributed by atoms with E-state index in [0.29, 0.717) is 33.6 Å². The molecule has 0 aliphatic heterocycles. The summed E-state index contributed by atoms with van der Waals surface area (Å²) >= 11 is 6.00. The molecule has 2 N–H and O–H groups in total. The fourth-order valence-electron chi connectivity index (χ4n) is 4.33. The summed E-state index contributed by atoms with van der Waals surface area (Å²) in [6, 6.07) is 24.8. The molecule has 0 saturated heterocycles. The summed E-state index contributed by atoms with van der Waals surface area (Å²) in [5.74, 6) is -2.39. The fourth-order valence-corrected chi connectivity index (χ4v) is 4.45. The highest BCUT2D eigenvalue weighted by Crippen LogP contribution is 2.35. The van der Waals surface area contributed by atoms with Gasteiger partial charge in [-0.1, -0.05) is 35.9 Å². The lowest BCUT2D eigenvalue weighted by atomic mass is 10.0. The minimum atomic E-state index is -0.942. The number of carbonyl (C=O) groups excluding carboxylic acids is 1. The molecule has 3 aromatic carbocycles. The Morgan fingerprint density at radius 3 is 2.42 bits per heavy atom. The van der Waals surface area contributed by atoms with Gasteiger partial charge in [0.15, 0.2) is 0 Å². The van der Waals surface area contributed by atoms with Crippen LogP contribution < -0.4 is 10.6 Å². The number of benzene rings is 3. The van der Waals surface area contributed by atoms with Gasteiger partial charge in [-0.2, -0.15) is 5.10 Å². The molecule has 40 heavy (non-hydrogen) atoms. The third kappa shape index (κ3) is 4.97. The topological polar surface area (TPSA) is 84.2 Å². The number of halogens is 3. The monoisotopic (exact) mass is 552 g/mol. The van der Waals surface area contributed by atoms with Gasteiger partial charge >= 0.3 is 0 Å². The Balaban J connectivity index is 1.39. The Bertz CT molecular complexity index is 1850. The molecule has 196 valence electrons. The van der Waals surface area contributed by atoms with Crippen LogP contribution in [-0.2, 0) is 0 Å². The van der Waals surface area contributed by atoms with E-state index in [1.807, 2.05) is 42.6 Å². The first kappa shape index (κ1) is 25.1. The number of pyridine rings is 1. The third-order valence-corrected chi connectivity index (χ3v) is 6.39. The zero-order chi connectivity index (χ0) is 27.6. The normalized spacial score (nSPS) is 11.0. The van der Waals surface area contributed by atoms with Crippen LogP contribution >= 0.6 is 11.6 Å². The zero-order valence-electron chi connectivity index (χ0n) is 20.6. The van der Waals surface area contributed by atoms with Crippen LogP contribution in [0.25, 0.3) is 28.0 Å². The van der Waals surface area contributed by atoms with E-state index < -0.39 is 23.1 Å². The minimum Gasteiger partial charge on any atom is -0.324 e. The van der Waals surface area contributed by atoms with Crippen LogP contribution in [-0.4, -0.2) is 25.5 Å². The number of rotatable bonds is 6. The van der Waals surface area contributed by atoms with Gasteiger partial charge in [0.1, 0.15) is 22.9 Å². The highest BCUT2D eigenvalue weighted by atomic mass is 35.5. The molecule has 0 radical (unpaired) electrons. The second kappa shape index (κ2) is 10.5. The highest BCUT2D eigenvalue weighted by molar-refractivity contribution is 6.30. The van der Waals surface area contributed by atoms with Gasteiger partial charge in [0.05, 0.1) is 16.8 Å². The Morgan fingerprint density at radius 1 is 0.850 bits per heavy atom. The first-order valence-electron chi connectivity index (χ1n) is 12.2. The van der Waals surface area contributed by atoms with E-state index in [9.17, 15) is 13.6 Å². The summed E-state index contributed by atoms with van der Waals surface area (Å²) in [6.07, 6.45) is 3.47. The number of carbonyl (C=O) groups is 1. The number of aromatic nitrogens is 4. The third-order valence-electron chi connectivity index (χ3n) is 6.14. The number of hydrogen-bond acceptors (Lipinski definition) is 5. The van der Waals surface area contributed by atoms with Gasteiger partial charge in [-0.15, -0.1) is 0 Å². The number of hydrogen-bond donors (Lipinski definition) is 2. The Morgan fingerprint density at radius 2 is 1.62 bits per heavy atom. The lowest BCUT2D eigenvalue weighted by Crippen LogP contribution is -2.15. The molecule has 1 amide bonds. The van der Waals surface area contributed by atoms with Crippen LogP contribution in [0.1, 0.15) is 10.4 Å². The van der Waals surface area contributed by atoms with E-state index in [2.05, 4.69) is 15.6 Å². The molecule has 0 spiro atoms. The lowest BCUT2D eigenvalue weighted by molar-refractivity contribution is 0.101. The second-order valence-electron chi connectivity index (χ2n) is 8.78. The molecule has 10 heteroatoms. The molecule has 6 rings (SSSR count). The zero-order valence-corrected chi connectivity index (χ0v) is 21.4. The van der Waals surface area contributed by atoms with Crippen LogP contribution in [0.4, 0.5) is 26.1 Å². The molecular weight excluding hydrogens is 534 g/mol. The fraction of sp³-hybridized carbons (Fsp3) is 0. The molecule has 0 atom stereocenters. The van der Waals surface area contributed by atoms with Crippen molar-refractivity contribution in [2.45, 2.75) is 0 Å². The average Bonchev–Trinajstić information content (AvgIpc) is 3.34. The molecular formula is C30H19ClF2N6O. The molecule has 0 aliphatic carbocycles. The molecule has 0 aliphatic rings. The molecule has 0 unspecified atom stereocenters. The Kier molecular flexibility index (Phi) is 6.63. The molecule has 3 aromatic heterocycles. The molecule has 0 fully saturated rings. The smallest absolute Gasteiger partial charge is 0.261 e. The standard InChI is InChI=1S/C30H19ClF2N6O/c31-19-10-12-20(13-11-19)36-30-34-15-14-24(37-30)27-25-9-1-2-16-39(25)38-28(27)18-5-3-6-21(17-18)35-29(40)26-22(32)7-4-8-23(26)33/h1-17H,(H,35,40)(H,34,36,37). The maximum absolute atomic E-state index is 14.2. The van der Waals surface area contributed by atoms with Gasteiger partial charge < -0.3 is 10.6 Å². The quantitative estimate of drug-likeness (QED) is 0.225. The van der Waals surface area contributed by atoms with Crippen LogP contribution in [0.15, 0.2) is 103 Å². The van der Waals surface area contributed by atoms with Crippen molar-refractivity contribution in [3.05, 3.63) is 126 Å². The minimum absolute atomic E-state index is 0.348. The number of fused-ring (bicyclic) bond motifs is 1. The van der Waals surface area contributed by atoms with Crippen molar-refractivity contribution < 1.29 is 13.6 Å². The summed E-state index contributed by atoms with van der Waals surface area (Å²) in [5.41, 5.74) is 3.89. The van der Waals surface area contributed by atoms with Gasteiger partial charge in [-0.3, -0.25) is 4.79 Å². The van der Waals surface area contributed by atoms with Crippen LogP contribution in [0.3, 0.4) is 0 Å². The van der Waals surface area contributed by atoms with Crippen LogP contribution in [0, 0.1) is 11.6 Å². The van der Waals surface area contributed by atoms with E-state index in [1.54, 1.807) is 47.1 Å². The van der Waals surface area contributed by atoms with E-state index in [4.69, 9.17) is 21.7 Å². The van der Waals surface area contributed by atoms with Crippen molar-refractivity contribution in [2.75, 3.05) is 10.6 Å². The summed E-state index contributed by atoms with van der Waals surface area (Å²) in [4.78, 5) is 21.8. The SMILES string of the molecule is O=C(Nc1cccc(-c2nn3ccccc3c2-c2ccnc(Nc3ccc(Cl)cc3)n2)c1)c1c(F)cccc1F. The Labute approximate surface area is 232 Å². The second-order valence-corrected chi connectivity index (χ2v) is 9.22. The summed E-state index contributed by atoms with van der Waals surface area (Å²) < 4.78 is 30.1. The lowest BCUT2D eigenvalue weighted by Gasteiger charge is -2.10. The van der Waals surface area contributed by atoms with Crippen LogP contribution in [0.2, 0.25) is 5.02 Å². The summed E-state index contributed by atoms with van der Waals surface area (Å²) in [7, 11) is 0. The Hall–Kier alpha value is -5.15. The largest absolute Gasteiger partial charge is 0.324 e. The van der Waals surface area contributed by atoms with Crippen molar-refractivity contribution >= 4 is 40.3 Å². The number of amides is 1. The van der Waals surface area contributed by atoms with E-state index in [1.165, 1.54) is 6.07 Å². The van der Waals surface area contributed by atoms with E-state index in [-0.39, 0.29) is 0 Å². The molecule has 3 heterocycles. The predicted octanol–water partition coefficient (Wildman–Crippen LogP) is 7.39. The molecule has 0 bridgehead atoms. The number of nitrogens with zero attached hydrogens (tertiary/aromatic N) is 4. The van der Waals surface area contributed by atoms with Crippen LogP contribution in [0.5, 0.6) is 0 Å². The van der Waals surface area contributed by atoms with Crippen molar-refractivity contribution in [1.29, 1.82) is 0 Å². The van der Waals surface area contributed by atoms with E-state index in [0.717, 1.165) is 28.9 Å². The maximum atomic E-state index is 14.2. The predicted molar refractivity (Wildman–Crippen MR) is 151 cm³/mol. The number of nitrogens with one attached hydrogen (secondary N) is 2. The van der Waals surface area contributed by atoms with Gasteiger partial charge in [-0.25, -0.2) is 23.3 Å². The average molecular weight is 553 g/mol. The first-order chi connectivity index (χ1) is 19.5. The summed E-state index contributed by atoms with van der Waals surface area (Å²) in [6.45, 7) is 0.